The second-order valence-corrected chi connectivity index (χ2v) is 9.35. The molecule has 5 rings (SSSR count). The van der Waals surface area contributed by atoms with Crippen molar-refractivity contribution in [2.24, 2.45) is 5.41 Å². The number of aryl methyl sites for hydroxylation is 1. The largest absolute Gasteiger partial charge is 0.493 e. The Kier molecular flexibility index (Phi) is 5.77. The lowest BCUT2D eigenvalue weighted by Crippen LogP contribution is -2.29. The zero-order valence-electron chi connectivity index (χ0n) is 19.3. The van der Waals surface area contributed by atoms with E-state index in [1.165, 1.54) is 0 Å². The lowest BCUT2D eigenvalue weighted by molar-refractivity contribution is -0.156. The first kappa shape index (κ1) is 21.8. The van der Waals surface area contributed by atoms with Crippen molar-refractivity contribution in [3.05, 3.63) is 41.5 Å². The molecule has 0 atom stereocenters. The van der Waals surface area contributed by atoms with Gasteiger partial charge in [0.1, 0.15) is 18.1 Å². The van der Waals surface area contributed by atoms with Crippen LogP contribution in [0.3, 0.4) is 0 Å². The van der Waals surface area contributed by atoms with Crippen LogP contribution in [-0.4, -0.2) is 38.7 Å². The van der Waals surface area contributed by atoms with E-state index in [0.717, 1.165) is 67.2 Å². The summed E-state index contributed by atoms with van der Waals surface area (Å²) in [6.45, 7) is 0.235. The van der Waals surface area contributed by atoms with E-state index in [2.05, 4.69) is 6.07 Å². The van der Waals surface area contributed by atoms with Crippen LogP contribution in [0, 0.1) is 5.41 Å². The van der Waals surface area contributed by atoms with Crippen molar-refractivity contribution < 1.29 is 28.5 Å². The highest BCUT2D eigenvalue weighted by Crippen LogP contribution is 2.50. The molecular weight excluding hydrogens is 420 g/mol. The number of fused-ring (bicyclic) bond motifs is 1. The van der Waals surface area contributed by atoms with Gasteiger partial charge in [0, 0.05) is 17.5 Å². The van der Waals surface area contributed by atoms with Crippen LogP contribution in [0.25, 0.3) is 11.1 Å². The summed E-state index contributed by atoms with van der Waals surface area (Å²) in [5, 5.41) is 0. The monoisotopic (exact) mass is 450 g/mol. The van der Waals surface area contributed by atoms with Gasteiger partial charge in [-0.25, -0.2) is 0 Å². The van der Waals surface area contributed by atoms with Crippen LogP contribution in [0.15, 0.2) is 30.3 Å². The fourth-order valence-electron chi connectivity index (χ4n) is 4.94. The molecule has 0 heterocycles. The minimum Gasteiger partial charge on any atom is -0.493 e. The van der Waals surface area contributed by atoms with E-state index in [0.29, 0.717) is 23.7 Å². The summed E-state index contributed by atoms with van der Waals surface area (Å²) in [5.74, 6) is 1.64. The zero-order chi connectivity index (χ0) is 23.0. The standard InChI is InChI=1S/C27H30O6/c1-30-23-12-10-21(18-7-9-20-17(15-18)8-11-22(20)28)24(25(23)31-2)32-16-27(13-14-27)26(29)33-19-5-3-4-6-19/h7,9-10,12,15,19H,3-6,8,11,13-14,16H2,1-2H3. The smallest absolute Gasteiger partial charge is 0.315 e. The van der Waals surface area contributed by atoms with Crippen LogP contribution in [0.5, 0.6) is 17.2 Å². The van der Waals surface area contributed by atoms with Gasteiger partial charge in [0.2, 0.25) is 5.75 Å². The number of Topliss-reactive ketones (excluding diaryl/α,β-unsaturated/α-hetero) is 1. The number of hydrogen-bond acceptors (Lipinski definition) is 6. The highest BCUT2D eigenvalue weighted by Gasteiger charge is 2.53. The second kappa shape index (κ2) is 8.73. The first-order valence-electron chi connectivity index (χ1n) is 11.8. The highest BCUT2D eigenvalue weighted by atomic mass is 16.6. The normalized spacial score (nSPS) is 18.7. The minimum absolute atomic E-state index is 0.0472. The quantitative estimate of drug-likeness (QED) is 0.519. The molecule has 6 nitrogen and oxygen atoms in total. The van der Waals surface area contributed by atoms with E-state index in [1.54, 1.807) is 14.2 Å². The van der Waals surface area contributed by atoms with Crippen molar-refractivity contribution in [1.29, 1.82) is 0 Å². The molecular formula is C27H30O6. The molecule has 0 aromatic heterocycles. The van der Waals surface area contributed by atoms with Crippen molar-refractivity contribution in [3.8, 4) is 28.4 Å². The fourth-order valence-corrected chi connectivity index (χ4v) is 4.94. The summed E-state index contributed by atoms with van der Waals surface area (Å²) in [5.41, 5.74) is 3.05. The summed E-state index contributed by atoms with van der Waals surface area (Å²) >= 11 is 0. The third kappa shape index (κ3) is 4.07. The number of ketones is 1. The third-order valence-corrected chi connectivity index (χ3v) is 7.19. The molecule has 174 valence electrons. The SMILES string of the molecule is COc1ccc(-c2ccc3c(c2)CCC3=O)c(OCC2(C(=O)OC3CCCC3)CC2)c1OC. The number of ether oxygens (including phenoxy) is 4. The Morgan fingerprint density at radius 1 is 0.970 bits per heavy atom. The molecule has 3 aliphatic carbocycles. The molecule has 0 saturated heterocycles. The van der Waals surface area contributed by atoms with E-state index in [-0.39, 0.29) is 24.5 Å². The van der Waals surface area contributed by atoms with Crippen molar-refractivity contribution >= 4 is 11.8 Å². The average Bonchev–Trinajstić information content (AvgIpc) is 3.29. The topological polar surface area (TPSA) is 71.1 Å². The number of carbonyl (C=O) groups excluding carboxylic acids is 2. The molecule has 0 radical (unpaired) electrons. The molecule has 0 N–H and O–H groups in total. The van der Waals surface area contributed by atoms with Crippen LogP contribution in [0.4, 0.5) is 0 Å². The maximum atomic E-state index is 12.9. The predicted molar refractivity (Wildman–Crippen MR) is 123 cm³/mol. The molecule has 2 saturated carbocycles. The molecule has 0 amide bonds. The maximum Gasteiger partial charge on any atom is 0.315 e. The van der Waals surface area contributed by atoms with Crippen LogP contribution in [-0.2, 0) is 16.0 Å². The van der Waals surface area contributed by atoms with Gasteiger partial charge in [-0.15, -0.1) is 0 Å². The first-order chi connectivity index (χ1) is 16.0. The van der Waals surface area contributed by atoms with Crippen LogP contribution in [0.1, 0.15) is 60.9 Å². The van der Waals surface area contributed by atoms with Crippen LogP contribution >= 0.6 is 0 Å². The number of carbonyl (C=O) groups is 2. The Bertz CT molecular complexity index is 1080. The van der Waals surface area contributed by atoms with Gasteiger partial charge in [-0.05, 0) is 68.2 Å². The summed E-state index contributed by atoms with van der Waals surface area (Å²) < 4.78 is 23.3. The van der Waals surface area contributed by atoms with Gasteiger partial charge in [-0.1, -0.05) is 18.2 Å². The van der Waals surface area contributed by atoms with E-state index < -0.39 is 5.41 Å². The second-order valence-electron chi connectivity index (χ2n) is 9.35. The minimum atomic E-state index is -0.585. The van der Waals surface area contributed by atoms with Gasteiger partial charge < -0.3 is 18.9 Å². The van der Waals surface area contributed by atoms with Crippen molar-refractivity contribution in [2.75, 3.05) is 20.8 Å². The number of benzene rings is 2. The third-order valence-electron chi connectivity index (χ3n) is 7.19. The molecule has 33 heavy (non-hydrogen) atoms. The van der Waals surface area contributed by atoms with Crippen LogP contribution in [0.2, 0.25) is 0 Å². The molecule has 0 unspecified atom stereocenters. The van der Waals surface area contributed by atoms with Crippen molar-refractivity contribution in [3.63, 3.8) is 0 Å². The van der Waals surface area contributed by atoms with Gasteiger partial charge >= 0.3 is 5.97 Å². The van der Waals surface area contributed by atoms with Crippen molar-refractivity contribution in [2.45, 2.75) is 57.5 Å². The Morgan fingerprint density at radius 2 is 1.73 bits per heavy atom. The van der Waals surface area contributed by atoms with Crippen molar-refractivity contribution in [1.82, 2.24) is 0 Å². The number of rotatable bonds is 8. The Balaban J connectivity index is 1.43. The Labute approximate surface area is 194 Å². The molecule has 2 fully saturated rings. The lowest BCUT2D eigenvalue weighted by atomic mass is 9.99. The number of methoxy groups -OCH3 is 2. The maximum absolute atomic E-state index is 12.9. The average molecular weight is 451 g/mol. The van der Waals surface area contributed by atoms with Crippen LogP contribution < -0.4 is 14.2 Å². The zero-order valence-corrected chi connectivity index (χ0v) is 19.3. The lowest BCUT2D eigenvalue weighted by Gasteiger charge is -2.22. The highest BCUT2D eigenvalue weighted by molar-refractivity contribution is 6.01. The van der Waals surface area contributed by atoms with Gasteiger partial charge in [0.25, 0.3) is 0 Å². The Morgan fingerprint density at radius 3 is 2.42 bits per heavy atom. The Hall–Kier alpha value is -3.02. The molecule has 3 aliphatic rings. The summed E-state index contributed by atoms with van der Waals surface area (Å²) in [6.07, 6.45) is 7.04. The molecule has 2 aromatic carbocycles. The van der Waals surface area contributed by atoms with Gasteiger partial charge in [0.05, 0.1) is 14.2 Å². The summed E-state index contributed by atoms with van der Waals surface area (Å²) in [7, 11) is 3.17. The molecule has 0 aliphatic heterocycles. The summed E-state index contributed by atoms with van der Waals surface area (Å²) in [6, 6.07) is 9.67. The predicted octanol–water partition coefficient (Wildman–Crippen LogP) is 5.14. The first-order valence-corrected chi connectivity index (χ1v) is 11.8. The molecule has 2 aromatic rings. The van der Waals surface area contributed by atoms with Gasteiger partial charge in [-0.2, -0.15) is 0 Å². The van der Waals surface area contributed by atoms with E-state index in [1.807, 2.05) is 24.3 Å². The molecule has 0 spiro atoms. The molecule has 0 bridgehead atoms. The van der Waals surface area contributed by atoms with E-state index >= 15 is 0 Å². The molecule has 6 heteroatoms. The van der Waals surface area contributed by atoms with E-state index in [9.17, 15) is 9.59 Å². The number of esters is 1. The fraction of sp³-hybridized carbons (Fsp3) is 0.481. The summed E-state index contributed by atoms with van der Waals surface area (Å²) in [4.78, 5) is 25.0. The van der Waals surface area contributed by atoms with Gasteiger partial charge in [0.15, 0.2) is 17.3 Å². The number of hydrogen-bond donors (Lipinski definition) is 0. The van der Waals surface area contributed by atoms with Gasteiger partial charge in [-0.3, -0.25) is 9.59 Å². The van der Waals surface area contributed by atoms with E-state index in [4.69, 9.17) is 18.9 Å².